The fourth-order valence-electron chi connectivity index (χ4n) is 4.81. The number of para-hydroxylation sites is 1. The monoisotopic (exact) mass is 412 g/mol. The summed E-state index contributed by atoms with van der Waals surface area (Å²) in [6.07, 6.45) is 4.24. The molecule has 6 heteroatoms. The molecule has 29 heavy (non-hydrogen) atoms. The van der Waals surface area contributed by atoms with Gasteiger partial charge in [0.25, 0.3) is 0 Å². The van der Waals surface area contributed by atoms with Crippen LogP contribution in [-0.2, 0) is 0 Å². The lowest BCUT2D eigenvalue weighted by Gasteiger charge is -2.50. The van der Waals surface area contributed by atoms with Crippen molar-refractivity contribution in [3.8, 4) is 11.5 Å². The van der Waals surface area contributed by atoms with E-state index in [9.17, 15) is 0 Å². The summed E-state index contributed by atoms with van der Waals surface area (Å²) in [4.78, 5) is 1.63. The van der Waals surface area contributed by atoms with Gasteiger partial charge in [0.15, 0.2) is 17.2 Å². The summed E-state index contributed by atoms with van der Waals surface area (Å²) in [5, 5.41) is 3.07. The maximum Gasteiger partial charge on any atom is 0.191 e. The lowest BCUT2D eigenvalue weighted by Crippen LogP contribution is -3.13. The van der Waals surface area contributed by atoms with E-state index in [-0.39, 0.29) is 11.8 Å². The fraction of sp³-hybridized carbons (Fsp3) is 0.391. The van der Waals surface area contributed by atoms with Crippen LogP contribution in [0.3, 0.4) is 0 Å². The first-order valence-corrected chi connectivity index (χ1v) is 10.7. The molecule has 5 rings (SSSR count). The Bertz CT molecular complexity index is 936. The number of piperidine rings is 1. The highest BCUT2D eigenvalue weighted by Crippen LogP contribution is 2.50. The van der Waals surface area contributed by atoms with E-state index in [1.165, 1.54) is 0 Å². The number of nitrogens with one attached hydrogen (secondary N) is 2. The summed E-state index contributed by atoms with van der Waals surface area (Å²) in [6.45, 7) is 5.61. The number of ether oxygens (including phenoxy) is 2. The van der Waals surface area contributed by atoms with Crippen LogP contribution < -0.4 is 19.8 Å². The zero-order valence-corrected chi connectivity index (χ0v) is 17.6. The summed E-state index contributed by atoms with van der Waals surface area (Å²) >= 11 is 6.10. The molecule has 0 amide bonds. The first-order chi connectivity index (χ1) is 14.1. The highest BCUT2D eigenvalue weighted by molar-refractivity contribution is 6.30. The maximum absolute atomic E-state index is 6.76. The molecule has 1 atom stereocenters. The Kier molecular flexibility index (Phi) is 4.69. The van der Waals surface area contributed by atoms with Crippen molar-refractivity contribution in [1.82, 2.24) is 10.4 Å². The van der Waals surface area contributed by atoms with Gasteiger partial charge < -0.3 is 19.8 Å². The normalized spacial score (nSPS) is 28.2. The third kappa shape index (κ3) is 3.08. The molecular formula is C23H27ClN3O2+. The topological polar surface area (TPSA) is 38.2 Å². The lowest BCUT2D eigenvalue weighted by molar-refractivity contribution is -0.906. The smallest absolute Gasteiger partial charge is 0.191 e. The predicted octanol–water partition coefficient (Wildman–Crippen LogP) is 3.04. The minimum Gasteiger partial charge on any atom is -0.493 e. The van der Waals surface area contributed by atoms with Crippen LogP contribution in [0.15, 0.2) is 48.5 Å². The summed E-state index contributed by atoms with van der Waals surface area (Å²) in [6, 6.07) is 14.2. The van der Waals surface area contributed by atoms with Gasteiger partial charge in [-0.1, -0.05) is 35.9 Å². The van der Waals surface area contributed by atoms with Gasteiger partial charge in [0.2, 0.25) is 0 Å². The van der Waals surface area contributed by atoms with Crippen LogP contribution in [0.25, 0.3) is 5.70 Å². The van der Waals surface area contributed by atoms with Gasteiger partial charge in [-0.15, -0.1) is 0 Å². The molecule has 0 aromatic heterocycles. The molecule has 0 unspecified atom stereocenters. The highest BCUT2D eigenvalue weighted by atomic mass is 35.5. The zero-order valence-electron chi connectivity index (χ0n) is 16.9. The van der Waals surface area contributed by atoms with E-state index in [2.05, 4.69) is 41.6 Å². The van der Waals surface area contributed by atoms with Crippen molar-refractivity contribution >= 4 is 17.3 Å². The third-order valence-corrected chi connectivity index (χ3v) is 6.77. The number of hydrogen-bond acceptors (Lipinski definition) is 4. The Labute approximate surface area is 176 Å². The molecule has 2 N–H and O–H groups in total. The van der Waals surface area contributed by atoms with Crippen molar-refractivity contribution in [2.24, 2.45) is 0 Å². The third-order valence-electron chi connectivity index (χ3n) is 6.52. The van der Waals surface area contributed by atoms with Crippen LogP contribution in [0.2, 0.25) is 5.02 Å². The summed E-state index contributed by atoms with van der Waals surface area (Å²) in [5.74, 6) is 1.69. The minimum atomic E-state index is -0.379. The Morgan fingerprint density at radius 1 is 1.21 bits per heavy atom. The summed E-state index contributed by atoms with van der Waals surface area (Å²) in [7, 11) is 1.71. The molecule has 3 heterocycles. The van der Waals surface area contributed by atoms with Gasteiger partial charge >= 0.3 is 0 Å². The van der Waals surface area contributed by atoms with E-state index in [4.69, 9.17) is 21.1 Å². The number of fused-ring (bicyclic) bond motifs is 4. The number of likely N-dealkylation sites (tertiary alicyclic amines) is 1. The molecule has 1 saturated heterocycles. The highest BCUT2D eigenvalue weighted by Gasteiger charge is 2.53. The number of nitrogens with zero attached hydrogens (tertiary/aromatic N) is 1. The van der Waals surface area contributed by atoms with E-state index in [1.807, 2.05) is 24.3 Å². The fourth-order valence-corrected chi connectivity index (χ4v) is 4.93. The molecule has 1 fully saturated rings. The van der Waals surface area contributed by atoms with Gasteiger partial charge in [-0.25, -0.2) is 0 Å². The molecule has 152 valence electrons. The van der Waals surface area contributed by atoms with Crippen molar-refractivity contribution in [3.63, 3.8) is 0 Å². The van der Waals surface area contributed by atoms with Crippen LogP contribution in [0.5, 0.6) is 11.5 Å². The Balaban J connectivity index is 1.57. The van der Waals surface area contributed by atoms with E-state index < -0.39 is 0 Å². The molecular weight excluding hydrogens is 386 g/mol. The first-order valence-electron chi connectivity index (χ1n) is 10.4. The van der Waals surface area contributed by atoms with Gasteiger partial charge in [0.1, 0.15) is 0 Å². The number of quaternary nitrogens is 1. The molecule has 0 radical (unpaired) electrons. The Morgan fingerprint density at radius 3 is 2.66 bits per heavy atom. The number of benzene rings is 2. The molecule has 0 saturated carbocycles. The van der Waals surface area contributed by atoms with Crippen molar-refractivity contribution in [2.75, 3.05) is 26.7 Å². The van der Waals surface area contributed by atoms with Gasteiger partial charge in [-0.05, 0) is 36.8 Å². The second kappa shape index (κ2) is 7.24. The standard InChI is InChI=1S/C23H26ClN3O2/c1-3-26-13-11-23(12-14-26)27-20(18-5-4-6-21(28-2)22(18)29-23)15-19(25-27)16-7-9-17(24)10-8-16/h4-10,15,20,25H,3,11-14H2,1-2H3/p+1/t20-/m0/s1. The van der Waals surface area contributed by atoms with E-state index in [0.29, 0.717) is 0 Å². The number of rotatable bonds is 3. The van der Waals surface area contributed by atoms with Gasteiger partial charge in [0.05, 0.1) is 51.3 Å². The van der Waals surface area contributed by atoms with E-state index in [1.54, 1.807) is 12.0 Å². The summed E-state index contributed by atoms with van der Waals surface area (Å²) < 4.78 is 12.4. The second-order valence-electron chi connectivity index (χ2n) is 8.04. The molecule has 1 spiro atoms. The summed E-state index contributed by atoms with van der Waals surface area (Å²) in [5.41, 5.74) is 6.65. The van der Waals surface area contributed by atoms with Gasteiger partial charge in [-0.2, -0.15) is 5.01 Å². The number of hydrazine groups is 1. The Morgan fingerprint density at radius 2 is 1.97 bits per heavy atom. The van der Waals surface area contributed by atoms with Crippen molar-refractivity contribution in [2.45, 2.75) is 31.5 Å². The quantitative estimate of drug-likeness (QED) is 0.812. The average molecular weight is 413 g/mol. The van der Waals surface area contributed by atoms with Gasteiger partial charge in [0, 0.05) is 10.6 Å². The second-order valence-corrected chi connectivity index (χ2v) is 8.48. The molecule has 3 aliphatic rings. The zero-order chi connectivity index (χ0) is 20.0. The minimum absolute atomic E-state index is 0.0997. The predicted molar refractivity (Wildman–Crippen MR) is 114 cm³/mol. The number of hydrogen-bond donors (Lipinski definition) is 2. The van der Waals surface area contributed by atoms with Crippen LogP contribution in [-0.4, -0.2) is 37.5 Å². The maximum atomic E-state index is 6.76. The largest absolute Gasteiger partial charge is 0.493 e. The van der Waals surface area contributed by atoms with Crippen LogP contribution in [0, 0.1) is 0 Å². The first kappa shape index (κ1) is 18.8. The molecule has 3 aliphatic heterocycles. The Hall–Kier alpha value is -2.21. The van der Waals surface area contributed by atoms with E-state index >= 15 is 0 Å². The number of halogens is 1. The van der Waals surface area contributed by atoms with Crippen molar-refractivity contribution in [1.29, 1.82) is 0 Å². The van der Waals surface area contributed by atoms with Crippen LogP contribution in [0.1, 0.15) is 36.9 Å². The molecule has 2 aromatic carbocycles. The molecule has 2 aromatic rings. The molecule has 0 aliphatic carbocycles. The van der Waals surface area contributed by atoms with Gasteiger partial charge in [-0.3, -0.25) is 0 Å². The van der Waals surface area contributed by atoms with E-state index in [0.717, 1.165) is 65.8 Å². The lowest BCUT2D eigenvalue weighted by atomic mass is 9.92. The van der Waals surface area contributed by atoms with Crippen LogP contribution >= 0.6 is 11.6 Å². The van der Waals surface area contributed by atoms with Crippen LogP contribution in [0.4, 0.5) is 0 Å². The average Bonchev–Trinajstić information content (AvgIpc) is 3.21. The molecule has 0 bridgehead atoms. The SMILES string of the molecule is CC[NH+]1CCC2(CC1)Oc1c(OC)cccc1[C@@H]1C=C(c3ccc(Cl)cc3)NN12. The molecule has 5 nitrogen and oxygen atoms in total. The van der Waals surface area contributed by atoms with Crippen molar-refractivity contribution < 1.29 is 14.4 Å². The van der Waals surface area contributed by atoms with Crippen molar-refractivity contribution in [3.05, 3.63) is 64.7 Å². The number of methoxy groups -OCH3 is 1.